The van der Waals surface area contributed by atoms with Crippen LogP contribution in [-0.4, -0.2) is 24.1 Å². The number of aliphatic carboxylic acids is 1. The van der Waals surface area contributed by atoms with Crippen molar-refractivity contribution >= 4 is 11.5 Å². The molecule has 0 amide bonds. The Hall–Kier alpha value is -2.50. The molecule has 33 heavy (non-hydrogen) atoms. The molecule has 0 aliphatic carbocycles. The molecule has 0 saturated heterocycles. The molecule has 1 aromatic rings. The first-order valence-corrected chi connectivity index (χ1v) is 11.2. The monoisotopic (exact) mass is 466 g/mol. The maximum Gasteiger partial charge on any atom is 0.328 e. The summed E-state index contributed by atoms with van der Waals surface area (Å²) in [4.78, 5) is 10.8. The van der Waals surface area contributed by atoms with Crippen LogP contribution in [0.25, 0.3) is 5.57 Å². The van der Waals surface area contributed by atoms with Crippen LogP contribution in [0.1, 0.15) is 84.9 Å². The van der Waals surface area contributed by atoms with Gasteiger partial charge in [0.15, 0.2) is 0 Å². The van der Waals surface area contributed by atoms with Crippen LogP contribution in [-0.2, 0) is 15.6 Å². The van der Waals surface area contributed by atoms with E-state index in [1.54, 1.807) is 13.8 Å². The summed E-state index contributed by atoms with van der Waals surface area (Å²) in [7, 11) is 0. The van der Waals surface area contributed by atoms with Crippen LogP contribution in [0.5, 0.6) is 5.75 Å². The molecule has 6 heteroatoms. The second-order valence-corrected chi connectivity index (χ2v) is 9.61. The lowest BCUT2D eigenvalue weighted by molar-refractivity contribution is -0.131. The Balaban J connectivity index is 3.88. The van der Waals surface area contributed by atoms with Gasteiger partial charge in [-0.15, -0.1) is 0 Å². The Morgan fingerprint density at radius 3 is 2.12 bits per heavy atom. The summed E-state index contributed by atoms with van der Waals surface area (Å²) >= 11 is 0. The molecule has 1 rings (SSSR count). The van der Waals surface area contributed by atoms with Crippen molar-refractivity contribution in [1.82, 2.24) is 0 Å². The standard InChI is InChI=1S/C27H37F3O3/c1-9-26(5,6)19-14-20(18(4)22(28)12-11-17(3)13-24(31)32)25(33-16-23(29)30)21(15-19)27(7,8)10-2/h11-15,23H,9-10,16H2,1-8H3,(H,31,32). The molecule has 0 aliphatic rings. The summed E-state index contributed by atoms with van der Waals surface area (Å²) in [6.07, 6.45) is 2.42. The first kappa shape index (κ1) is 28.5. The highest BCUT2D eigenvalue weighted by Gasteiger charge is 2.30. The van der Waals surface area contributed by atoms with Gasteiger partial charge in [-0.1, -0.05) is 53.7 Å². The fourth-order valence-corrected chi connectivity index (χ4v) is 3.20. The van der Waals surface area contributed by atoms with Gasteiger partial charge in [0.1, 0.15) is 18.2 Å². The number of carboxylic acid groups (broad SMARTS) is 1. The van der Waals surface area contributed by atoms with Crippen LogP contribution in [0, 0.1) is 0 Å². The molecule has 0 bridgehead atoms. The summed E-state index contributed by atoms with van der Waals surface area (Å²) in [6, 6.07) is 3.82. The molecular weight excluding hydrogens is 429 g/mol. The fraction of sp³-hybridized carbons (Fsp3) is 0.519. The van der Waals surface area contributed by atoms with Crippen LogP contribution < -0.4 is 4.74 Å². The number of halogens is 3. The number of benzene rings is 1. The van der Waals surface area contributed by atoms with Crippen LogP contribution >= 0.6 is 0 Å². The molecule has 1 aromatic carbocycles. The molecule has 184 valence electrons. The van der Waals surface area contributed by atoms with E-state index in [1.807, 2.05) is 32.9 Å². The maximum atomic E-state index is 15.2. The third kappa shape index (κ3) is 7.79. The number of ether oxygens (including phenoxy) is 1. The average Bonchev–Trinajstić information content (AvgIpc) is 2.74. The molecule has 1 N–H and O–H groups in total. The molecule has 0 unspecified atom stereocenters. The molecule has 3 nitrogen and oxygen atoms in total. The van der Waals surface area contributed by atoms with Gasteiger partial charge in [-0.3, -0.25) is 0 Å². The van der Waals surface area contributed by atoms with E-state index in [2.05, 4.69) is 20.8 Å². The minimum Gasteiger partial charge on any atom is -0.487 e. The minimum atomic E-state index is -2.67. The lowest BCUT2D eigenvalue weighted by Gasteiger charge is -2.32. The van der Waals surface area contributed by atoms with Crippen molar-refractivity contribution in [3.8, 4) is 5.75 Å². The van der Waals surface area contributed by atoms with Crippen molar-refractivity contribution in [2.24, 2.45) is 0 Å². The fourth-order valence-electron chi connectivity index (χ4n) is 3.20. The predicted octanol–water partition coefficient (Wildman–Crippen LogP) is 7.99. The van der Waals surface area contributed by atoms with Crippen LogP contribution in [0.15, 0.2) is 41.8 Å². The van der Waals surface area contributed by atoms with Gasteiger partial charge < -0.3 is 9.84 Å². The number of hydrogen-bond donors (Lipinski definition) is 1. The Bertz CT molecular complexity index is 938. The Labute approximate surface area is 196 Å². The van der Waals surface area contributed by atoms with E-state index in [4.69, 9.17) is 9.84 Å². The quantitative estimate of drug-likeness (QED) is 0.265. The first-order valence-electron chi connectivity index (χ1n) is 11.2. The number of alkyl halides is 2. The zero-order valence-corrected chi connectivity index (χ0v) is 21.0. The number of hydrogen-bond acceptors (Lipinski definition) is 2. The second kappa shape index (κ2) is 11.6. The molecule has 0 spiro atoms. The van der Waals surface area contributed by atoms with Gasteiger partial charge in [0, 0.05) is 17.2 Å². The lowest BCUT2D eigenvalue weighted by atomic mass is 9.74. The van der Waals surface area contributed by atoms with Crippen molar-refractivity contribution in [1.29, 1.82) is 0 Å². The molecule has 0 aliphatic heterocycles. The summed E-state index contributed by atoms with van der Waals surface area (Å²) < 4.78 is 47.0. The van der Waals surface area contributed by atoms with Crippen molar-refractivity contribution in [3.63, 3.8) is 0 Å². The van der Waals surface area contributed by atoms with Crippen molar-refractivity contribution < 1.29 is 27.8 Å². The van der Waals surface area contributed by atoms with Gasteiger partial charge in [-0.25, -0.2) is 18.0 Å². The zero-order valence-electron chi connectivity index (χ0n) is 21.0. The van der Waals surface area contributed by atoms with E-state index in [0.717, 1.165) is 30.0 Å². The largest absolute Gasteiger partial charge is 0.487 e. The van der Waals surface area contributed by atoms with E-state index in [0.29, 0.717) is 11.1 Å². The molecule has 0 radical (unpaired) electrons. The minimum absolute atomic E-state index is 0.220. The van der Waals surface area contributed by atoms with E-state index < -0.39 is 24.8 Å². The van der Waals surface area contributed by atoms with E-state index in [1.165, 1.54) is 12.2 Å². The Kier molecular flexibility index (Phi) is 10.0. The lowest BCUT2D eigenvalue weighted by Crippen LogP contribution is -2.23. The molecule has 0 aromatic heterocycles. The van der Waals surface area contributed by atoms with Gasteiger partial charge in [0.05, 0.1) is 0 Å². The summed E-state index contributed by atoms with van der Waals surface area (Å²) in [5, 5.41) is 8.84. The number of carbonyl (C=O) groups is 1. The maximum absolute atomic E-state index is 15.2. The number of rotatable bonds is 11. The third-order valence-electron chi connectivity index (χ3n) is 6.33. The highest BCUT2D eigenvalue weighted by Crippen LogP contribution is 2.44. The summed E-state index contributed by atoms with van der Waals surface area (Å²) in [6.45, 7) is 14.6. The smallest absolute Gasteiger partial charge is 0.328 e. The zero-order chi connectivity index (χ0) is 25.6. The van der Waals surface area contributed by atoms with E-state index >= 15 is 4.39 Å². The van der Waals surface area contributed by atoms with Gasteiger partial charge in [0.2, 0.25) is 0 Å². The normalized spacial score (nSPS) is 14.1. The molecule has 0 atom stereocenters. The number of carboxylic acids is 1. The van der Waals surface area contributed by atoms with Gasteiger partial charge >= 0.3 is 5.97 Å². The van der Waals surface area contributed by atoms with Crippen LogP contribution in [0.2, 0.25) is 0 Å². The van der Waals surface area contributed by atoms with Crippen molar-refractivity contribution in [2.75, 3.05) is 6.61 Å². The summed E-state index contributed by atoms with van der Waals surface area (Å²) in [5.74, 6) is -1.46. The van der Waals surface area contributed by atoms with E-state index in [-0.39, 0.29) is 22.2 Å². The van der Waals surface area contributed by atoms with Gasteiger partial charge in [-0.05, 0) is 66.4 Å². The van der Waals surface area contributed by atoms with Gasteiger partial charge in [0.25, 0.3) is 6.43 Å². The topological polar surface area (TPSA) is 46.5 Å². The summed E-state index contributed by atoms with van der Waals surface area (Å²) in [5.41, 5.74) is 2.15. The Morgan fingerprint density at radius 1 is 1.06 bits per heavy atom. The molecule has 0 heterocycles. The average molecular weight is 467 g/mol. The third-order valence-corrected chi connectivity index (χ3v) is 6.33. The molecule has 0 fully saturated rings. The molecular formula is C27H37F3O3. The van der Waals surface area contributed by atoms with Crippen LogP contribution in [0.3, 0.4) is 0 Å². The predicted molar refractivity (Wildman–Crippen MR) is 129 cm³/mol. The number of allylic oxidation sites excluding steroid dienone is 5. The Morgan fingerprint density at radius 2 is 1.64 bits per heavy atom. The molecule has 0 saturated carbocycles. The highest BCUT2D eigenvalue weighted by molar-refractivity contribution is 5.81. The van der Waals surface area contributed by atoms with E-state index in [9.17, 15) is 13.6 Å². The van der Waals surface area contributed by atoms with Gasteiger partial charge in [-0.2, -0.15) is 0 Å². The van der Waals surface area contributed by atoms with Crippen molar-refractivity contribution in [2.45, 2.75) is 85.5 Å². The van der Waals surface area contributed by atoms with Crippen molar-refractivity contribution in [3.05, 3.63) is 58.5 Å². The first-order chi connectivity index (χ1) is 15.2. The van der Waals surface area contributed by atoms with Crippen LogP contribution in [0.4, 0.5) is 13.2 Å². The highest BCUT2D eigenvalue weighted by atomic mass is 19.3. The SMILES string of the molecule is CCC(C)(C)c1cc(C(C)=C(F)C=CC(C)=CC(=O)O)c(OCC(F)F)c(C(C)(C)CC)c1. The second-order valence-electron chi connectivity index (χ2n) is 9.61.